The number of hydrogen-bond donors (Lipinski definition) is 1. The Morgan fingerprint density at radius 1 is 1.03 bits per heavy atom. The number of ether oxygens (including phenoxy) is 1. The van der Waals surface area contributed by atoms with Gasteiger partial charge in [0.25, 0.3) is 5.91 Å². The summed E-state index contributed by atoms with van der Waals surface area (Å²) in [7, 11) is 0. The van der Waals surface area contributed by atoms with E-state index < -0.39 is 0 Å². The van der Waals surface area contributed by atoms with Crippen LogP contribution in [0.15, 0.2) is 56.5 Å². The van der Waals surface area contributed by atoms with Crippen LogP contribution in [0.5, 0.6) is 5.75 Å². The SMILES string of the molecule is CC(=NNC(=O)COc1c(Br)cc(C(C)(C)CC(C)(C)C)cc1Br)c1ccccc1. The van der Waals surface area contributed by atoms with Crippen molar-refractivity contribution in [2.24, 2.45) is 10.5 Å². The van der Waals surface area contributed by atoms with Crippen LogP contribution in [0.4, 0.5) is 0 Å². The van der Waals surface area contributed by atoms with Gasteiger partial charge < -0.3 is 4.74 Å². The summed E-state index contributed by atoms with van der Waals surface area (Å²) in [6, 6.07) is 13.8. The molecule has 162 valence electrons. The van der Waals surface area contributed by atoms with Gasteiger partial charge in [-0.05, 0) is 79.3 Å². The van der Waals surface area contributed by atoms with Crippen LogP contribution in [0.25, 0.3) is 0 Å². The van der Waals surface area contributed by atoms with E-state index in [9.17, 15) is 4.79 Å². The highest BCUT2D eigenvalue weighted by atomic mass is 79.9. The summed E-state index contributed by atoms with van der Waals surface area (Å²) in [5.41, 5.74) is 5.66. The molecule has 0 aromatic heterocycles. The zero-order chi connectivity index (χ0) is 22.5. The van der Waals surface area contributed by atoms with E-state index in [1.165, 1.54) is 5.56 Å². The number of amides is 1. The molecule has 0 spiro atoms. The van der Waals surface area contributed by atoms with Crippen molar-refractivity contribution in [3.8, 4) is 5.75 Å². The summed E-state index contributed by atoms with van der Waals surface area (Å²) in [5, 5.41) is 4.15. The topological polar surface area (TPSA) is 50.7 Å². The van der Waals surface area contributed by atoms with E-state index >= 15 is 0 Å². The molecule has 0 atom stereocenters. The molecule has 30 heavy (non-hydrogen) atoms. The van der Waals surface area contributed by atoms with Gasteiger partial charge in [0.05, 0.1) is 14.7 Å². The Morgan fingerprint density at radius 3 is 2.13 bits per heavy atom. The van der Waals surface area contributed by atoms with Crippen LogP contribution >= 0.6 is 31.9 Å². The van der Waals surface area contributed by atoms with Crippen molar-refractivity contribution in [3.63, 3.8) is 0 Å². The standard InChI is InChI=1S/C24H30Br2N2O2/c1-16(17-10-8-7-9-11-17)27-28-21(29)14-30-22-19(25)12-18(13-20(22)26)24(5,6)15-23(2,3)4/h7-13H,14-15H2,1-6H3,(H,28,29). The number of halogens is 2. The number of nitrogens with zero attached hydrogens (tertiary/aromatic N) is 1. The average molecular weight is 538 g/mol. The van der Waals surface area contributed by atoms with Crippen LogP contribution in [-0.4, -0.2) is 18.2 Å². The molecule has 0 saturated carbocycles. The molecule has 2 aromatic rings. The van der Waals surface area contributed by atoms with Gasteiger partial charge in [-0.3, -0.25) is 4.79 Å². The predicted molar refractivity (Wildman–Crippen MR) is 131 cm³/mol. The molecule has 0 bridgehead atoms. The highest BCUT2D eigenvalue weighted by Crippen LogP contribution is 2.42. The first-order valence-electron chi connectivity index (χ1n) is 9.90. The number of hydrazone groups is 1. The Labute approximate surface area is 196 Å². The van der Waals surface area contributed by atoms with Gasteiger partial charge in [0.1, 0.15) is 5.75 Å². The van der Waals surface area contributed by atoms with Gasteiger partial charge in [-0.25, -0.2) is 5.43 Å². The molecular formula is C24H30Br2N2O2. The molecule has 0 aliphatic carbocycles. The first-order chi connectivity index (χ1) is 13.9. The van der Waals surface area contributed by atoms with Crippen molar-refractivity contribution in [2.45, 2.75) is 53.4 Å². The van der Waals surface area contributed by atoms with Crippen molar-refractivity contribution in [1.29, 1.82) is 0 Å². The summed E-state index contributed by atoms with van der Waals surface area (Å²) < 4.78 is 7.38. The Balaban J connectivity index is 2.04. The largest absolute Gasteiger partial charge is 0.481 e. The lowest BCUT2D eigenvalue weighted by atomic mass is 9.72. The lowest BCUT2D eigenvalue weighted by Crippen LogP contribution is -2.26. The molecule has 0 heterocycles. The Kier molecular flexibility index (Phi) is 8.28. The van der Waals surface area contributed by atoms with E-state index in [1.54, 1.807) is 0 Å². The molecule has 1 amide bonds. The van der Waals surface area contributed by atoms with Crippen LogP contribution in [-0.2, 0) is 10.2 Å². The fourth-order valence-corrected chi connectivity index (χ4v) is 4.99. The fourth-order valence-electron chi connectivity index (χ4n) is 3.58. The van der Waals surface area contributed by atoms with Gasteiger partial charge in [-0.15, -0.1) is 0 Å². The van der Waals surface area contributed by atoms with Gasteiger partial charge in [-0.2, -0.15) is 5.10 Å². The third-order valence-corrected chi connectivity index (χ3v) is 5.82. The molecule has 0 saturated heterocycles. The minimum atomic E-state index is -0.318. The second kappa shape index (κ2) is 10.1. The number of nitrogens with one attached hydrogen (secondary N) is 1. The lowest BCUT2D eigenvalue weighted by Gasteiger charge is -2.33. The maximum Gasteiger partial charge on any atom is 0.277 e. The highest BCUT2D eigenvalue weighted by Gasteiger charge is 2.28. The molecule has 0 radical (unpaired) electrons. The lowest BCUT2D eigenvalue weighted by molar-refractivity contribution is -0.123. The molecule has 0 aliphatic rings. The highest BCUT2D eigenvalue weighted by molar-refractivity contribution is 9.11. The van der Waals surface area contributed by atoms with Gasteiger partial charge in [0, 0.05) is 0 Å². The zero-order valence-electron chi connectivity index (χ0n) is 18.5. The van der Waals surface area contributed by atoms with E-state index in [0.29, 0.717) is 5.75 Å². The second-order valence-corrected chi connectivity index (χ2v) is 11.0. The molecule has 6 heteroatoms. The Hall–Kier alpha value is -1.66. The molecular weight excluding hydrogens is 508 g/mol. The van der Waals surface area contributed by atoms with E-state index in [1.807, 2.05) is 37.3 Å². The normalized spacial score (nSPS) is 12.6. The summed E-state index contributed by atoms with van der Waals surface area (Å²) in [5.74, 6) is 0.283. The van der Waals surface area contributed by atoms with Crippen LogP contribution in [0.2, 0.25) is 0 Å². The van der Waals surface area contributed by atoms with E-state index in [4.69, 9.17) is 4.74 Å². The quantitative estimate of drug-likeness (QED) is 0.310. The number of rotatable bonds is 7. The van der Waals surface area contributed by atoms with Crippen LogP contribution < -0.4 is 10.2 Å². The van der Waals surface area contributed by atoms with Gasteiger partial charge in [-0.1, -0.05) is 65.0 Å². The van der Waals surface area contributed by atoms with Crippen molar-refractivity contribution >= 4 is 43.5 Å². The number of carbonyl (C=O) groups excluding carboxylic acids is 1. The minimum Gasteiger partial charge on any atom is -0.481 e. The first kappa shape index (κ1) is 24.6. The maximum atomic E-state index is 12.2. The van der Waals surface area contributed by atoms with Crippen LogP contribution in [0.1, 0.15) is 59.1 Å². The monoisotopic (exact) mass is 536 g/mol. The molecule has 4 nitrogen and oxygen atoms in total. The molecule has 0 unspecified atom stereocenters. The minimum absolute atomic E-state index is 0.00285. The second-order valence-electron chi connectivity index (χ2n) is 9.28. The average Bonchev–Trinajstić information content (AvgIpc) is 2.64. The fraction of sp³-hybridized carbons (Fsp3) is 0.417. The van der Waals surface area contributed by atoms with Crippen molar-refractivity contribution in [1.82, 2.24) is 5.43 Å². The Bertz CT molecular complexity index is 894. The number of carbonyl (C=O) groups is 1. The molecule has 0 aliphatic heterocycles. The van der Waals surface area contributed by atoms with E-state index in [0.717, 1.165) is 26.6 Å². The zero-order valence-corrected chi connectivity index (χ0v) is 21.6. The molecule has 2 rings (SSSR count). The summed E-state index contributed by atoms with van der Waals surface area (Å²) in [4.78, 5) is 12.2. The molecule has 0 fully saturated rings. The van der Waals surface area contributed by atoms with Crippen LogP contribution in [0.3, 0.4) is 0 Å². The van der Waals surface area contributed by atoms with Crippen molar-refractivity contribution < 1.29 is 9.53 Å². The van der Waals surface area contributed by atoms with Gasteiger partial charge >= 0.3 is 0 Å². The summed E-state index contributed by atoms with van der Waals surface area (Å²) >= 11 is 7.20. The molecule has 1 N–H and O–H groups in total. The van der Waals surface area contributed by atoms with Crippen molar-refractivity contribution in [2.75, 3.05) is 6.61 Å². The first-order valence-corrected chi connectivity index (χ1v) is 11.5. The van der Waals surface area contributed by atoms with Crippen molar-refractivity contribution in [3.05, 3.63) is 62.5 Å². The molecule has 2 aromatic carbocycles. The van der Waals surface area contributed by atoms with Gasteiger partial charge in [0.2, 0.25) is 0 Å². The Morgan fingerprint density at radius 2 is 1.60 bits per heavy atom. The maximum absolute atomic E-state index is 12.2. The van der Waals surface area contributed by atoms with Crippen LogP contribution in [0, 0.1) is 5.41 Å². The van der Waals surface area contributed by atoms with Gasteiger partial charge in [0.15, 0.2) is 6.61 Å². The number of hydrogen-bond acceptors (Lipinski definition) is 3. The van der Waals surface area contributed by atoms with E-state index in [2.05, 4.69) is 89.1 Å². The number of benzene rings is 2. The third kappa shape index (κ3) is 7.24. The summed E-state index contributed by atoms with van der Waals surface area (Å²) in [6.07, 6.45) is 1.04. The van der Waals surface area contributed by atoms with E-state index in [-0.39, 0.29) is 23.3 Å². The smallest absolute Gasteiger partial charge is 0.277 e. The predicted octanol–water partition coefficient (Wildman–Crippen LogP) is 6.84. The summed E-state index contributed by atoms with van der Waals surface area (Å²) in [6.45, 7) is 12.9. The third-order valence-electron chi connectivity index (χ3n) is 4.64.